The van der Waals surface area contributed by atoms with Crippen LogP contribution in [0.5, 0.6) is 0 Å². The number of halogens is 2. The Labute approximate surface area is 130 Å². The fourth-order valence-corrected chi connectivity index (χ4v) is 2.65. The molecular weight excluding hydrogens is 325 g/mol. The number of carbonyl (C=O) groups excluding carboxylic acids is 1. The van der Waals surface area contributed by atoms with E-state index in [1.54, 1.807) is 17.9 Å². The maximum absolute atomic E-state index is 11.8. The molecule has 6 nitrogen and oxygen atoms in total. The summed E-state index contributed by atoms with van der Waals surface area (Å²) >= 11 is 11.2. The Bertz CT molecular complexity index is 475. The van der Waals surface area contributed by atoms with Crippen molar-refractivity contribution in [1.29, 1.82) is 0 Å². The molecular formula is C11H17Cl2N3O3S. The molecule has 0 radical (unpaired) electrons. The molecule has 0 saturated heterocycles. The Kier molecular flexibility index (Phi) is 7.32. The minimum atomic E-state index is -1.13. The summed E-state index contributed by atoms with van der Waals surface area (Å²) in [6.45, 7) is 0.753. The first kappa shape index (κ1) is 17.3. The van der Waals surface area contributed by atoms with Crippen molar-refractivity contribution in [3.63, 3.8) is 0 Å². The number of hydrogen-bond donors (Lipinski definition) is 0. The average Bonchev–Trinajstić information content (AvgIpc) is 2.77. The first-order chi connectivity index (χ1) is 9.51. The molecule has 1 aromatic rings. The second-order valence-electron chi connectivity index (χ2n) is 3.95. The number of ether oxygens (including phenoxy) is 1. The van der Waals surface area contributed by atoms with Crippen molar-refractivity contribution in [2.75, 3.05) is 31.1 Å². The lowest BCUT2D eigenvalue weighted by Crippen LogP contribution is -2.35. The predicted octanol–water partition coefficient (Wildman–Crippen LogP) is 1.57. The minimum Gasteiger partial charge on any atom is -0.441 e. The molecule has 0 aromatic carbocycles. The summed E-state index contributed by atoms with van der Waals surface area (Å²) in [5.41, 5.74) is 0. The van der Waals surface area contributed by atoms with Gasteiger partial charge in [-0.25, -0.2) is 9.78 Å². The van der Waals surface area contributed by atoms with Gasteiger partial charge >= 0.3 is 6.09 Å². The van der Waals surface area contributed by atoms with Crippen LogP contribution in [0.4, 0.5) is 4.79 Å². The third-order valence-corrected chi connectivity index (χ3v) is 3.93. The lowest BCUT2D eigenvalue weighted by atomic mass is 10.5. The Balaban J connectivity index is 2.62. The second-order valence-corrected chi connectivity index (χ2v) is 6.03. The highest BCUT2D eigenvalue weighted by atomic mass is 35.5. The molecule has 0 aliphatic heterocycles. The maximum Gasteiger partial charge on any atom is 0.410 e. The summed E-state index contributed by atoms with van der Waals surface area (Å²) in [7, 11) is 0.590. The van der Waals surface area contributed by atoms with E-state index >= 15 is 0 Å². The molecule has 0 fully saturated rings. The zero-order valence-corrected chi connectivity index (χ0v) is 13.7. The number of aromatic nitrogens is 2. The summed E-state index contributed by atoms with van der Waals surface area (Å²) < 4.78 is 18.2. The molecule has 0 aliphatic rings. The van der Waals surface area contributed by atoms with Gasteiger partial charge in [-0.2, -0.15) is 0 Å². The Hall–Kier alpha value is -0.790. The Morgan fingerprint density at radius 3 is 2.50 bits per heavy atom. The van der Waals surface area contributed by atoms with Gasteiger partial charge in [0.25, 0.3) is 0 Å². The molecule has 1 atom stereocenters. The highest BCUT2D eigenvalue weighted by molar-refractivity contribution is 7.84. The van der Waals surface area contributed by atoms with E-state index in [9.17, 15) is 9.00 Å². The number of amides is 1. The summed E-state index contributed by atoms with van der Waals surface area (Å²) in [4.78, 5) is 17.4. The van der Waals surface area contributed by atoms with Gasteiger partial charge in [-0.1, -0.05) is 0 Å². The smallest absolute Gasteiger partial charge is 0.410 e. The van der Waals surface area contributed by atoms with Crippen molar-refractivity contribution in [3.8, 4) is 0 Å². The predicted molar refractivity (Wildman–Crippen MR) is 78.7 cm³/mol. The van der Waals surface area contributed by atoms with Gasteiger partial charge in [0.2, 0.25) is 0 Å². The van der Waals surface area contributed by atoms with Crippen molar-refractivity contribution in [2.45, 2.75) is 11.6 Å². The summed E-state index contributed by atoms with van der Waals surface area (Å²) in [5.74, 6) is 1.15. The van der Waals surface area contributed by atoms with Gasteiger partial charge in [-0.15, -0.1) is 23.2 Å². The maximum atomic E-state index is 11.8. The molecule has 9 heteroatoms. The van der Waals surface area contributed by atoms with E-state index in [0.29, 0.717) is 35.7 Å². The van der Waals surface area contributed by atoms with E-state index < -0.39 is 16.9 Å². The standard InChI is InChI=1S/C11H17Cl2N3O3S/c1-15-9(14-7-10(15)20(2)18)8-19-11(17)16(5-3-12)6-4-13/h7H,3-6,8H2,1-2H3/t20-/m1/s1. The molecule has 0 unspecified atom stereocenters. The molecule has 0 spiro atoms. The topological polar surface area (TPSA) is 64.4 Å². The van der Waals surface area contributed by atoms with Crippen molar-refractivity contribution >= 4 is 40.1 Å². The van der Waals surface area contributed by atoms with Gasteiger partial charge in [0, 0.05) is 38.2 Å². The van der Waals surface area contributed by atoms with Crippen LogP contribution in [0.2, 0.25) is 0 Å². The minimum absolute atomic E-state index is 0.00754. The van der Waals surface area contributed by atoms with Crippen molar-refractivity contribution < 1.29 is 13.7 Å². The van der Waals surface area contributed by atoms with E-state index in [2.05, 4.69) is 4.98 Å². The zero-order chi connectivity index (χ0) is 15.1. The van der Waals surface area contributed by atoms with Crippen LogP contribution >= 0.6 is 23.2 Å². The summed E-state index contributed by atoms with van der Waals surface area (Å²) in [5, 5.41) is 0.578. The lowest BCUT2D eigenvalue weighted by molar-refractivity contribution is 0.0971. The molecule has 1 rings (SSSR count). The van der Waals surface area contributed by atoms with Gasteiger partial charge in [0.05, 0.1) is 17.0 Å². The molecule has 20 heavy (non-hydrogen) atoms. The Morgan fingerprint density at radius 1 is 1.45 bits per heavy atom. The quantitative estimate of drug-likeness (QED) is 0.706. The van der Waals surface area contributed by atoms with Crippen LogP contribution in [0, 0.1) is 0 Å². The van der Waals surface area contributed by atoms with Gasteiger partial charge in [-0.3, -0.25) is 4.21 Å². The van der Waals surface area contributed by atoms with E-state index in [1.807, 2.05) is 0 Å². The normalized spacial score (nSPS) is 12.2. The number of imidazole rings is 1. The average molecular weight is 342 g/mol. The van der Waals surface area contributed by atoms with Crippen molar-refractivity contribution in [3.05, 3.63) is 12.0 Å². The number of alkyl halides is 2. The van der Waals surface area contributed by atoms with Crippen LogP contribution in [0.25, 0.3) is 0 Å². The van der Waals surface area contributed by atoms with E-state index in [4.69, 9.17) is 27.9 Å². The van der Waals surface area contributed by atoms with Crippen molar-refractivity contribution in [2.24, 2.45) is 7.05 Å². The number of rotatable bonds is 7. The molecule has 0 saturated carbocycles. The largest absolute Gasteiger partial charge is 0.441 e. The highest BCUT2D eigenvalue weighted by Gasteiger charge is 2.16. The summed E-state index contributed by atoms with van der Waals surface area (Å²) in [6.07, 6.45) is 2.58. The van der Waals surface area contributed by atoms with Crippen molar-refractivity contribution in [1.82, 2.24) is 14.5 Å². The fraction of sp³-hybridized carbons (Fsp3) is 0.636. The molecule has 0 N–H and O–H groups in total. The lowest BCUT2D eigenvalue weighted by Gasteiger charge is -2.19. The molecule has 0 bridgehead atoms. The van der Waals surface area contributed by atoms with Crippen LogP contribution in [0.15, 0.2) is 11.2 Å². The molecule has 1 amide bonds. The number of carbonyl (C=O) groups is 1. The molecule has 114 valence electrons. The van der Waals surface area contributed by atoms with Crippen LogP contribution in [0.1, 0.15) is 5.82 Å². The first-order valence-corrected chi connectivity index (χ1v) is 8.51. The van der Waals surface area contributed by atoms with Gasteiger partial charge in [0.1, 0.15) is 10.9 Å². The third kappa shape index (κ3) is 4.64. The van der Waals surface area contributed by atoms with Crippen LogP contribution in [-0.4, -0.2) is 55.9 Å². The fourth-order valence-electron chi connectivity index (χ4n) is 1.55. The monoisotopic (exact) mass is 341 g/mol. The second kappa shape index (κ2) is 8.49. The molecule has 1 heterocycles. The summed E-state index contributed by atoms with van der Waals surface area (Å²) in [6, 6.07) is 0. The first-order valence-electron chi connectivity index (χ1n) is 5.89. The molecule has 0 aliphatic carbocycles. The van der Waals surface area contributed by atoms with Gasteiger partial charge < -0.3 is 14.2 Å². The van der Waals surface area contributed by atoms with E-state index in [-0.39, 0.29) is 6.61 Å². The van der Waals surface area contributed by atoms with E-state index in [0.717, 1.165) is 0 Å². The van der Waals surface area contributed by atoms with E-state index in [1.165, 1.54) is 11.1 Å². The van der Waals surface area contributed by atoms with Gasteiger partial charge in [0.15, 0.2) is 6.61 Å². The van der Waals surface area contributed by atoms with Crippen LogP contribution < -0.4 is 0 Å². The van der Waals surface area contributed by atoms with Gasteiger partial charge in [-0.05, 0) is 0 Å². The highest BCUT2D eigenvalue weighted by Crippen LogP contribution is 2.09. The zero-order valence-electron chi connectivity index (χ0n) is 11.3. The Morgan fingerprint density at radius 2 is 2.05 bits per heavy atom. The molecule has 1 aromatic heterocycles. The number of nitrogens with zero attached hydrogens (tertiary/aromatic N) is 3. The van der Waals surface area contributed by atoms with Crippen LogP contribution in [-0.2, 0) is 29.2 Å². The SMILES string of the molecule is Cn1c([S@@](C)=O)cnc1COC(=O)N(CCCl)CCCl. The third-order valence-electron chi connectivity index (χ3n) is 2.63. The number of hydrogen-bond acceptors (Lipinski definition) is 4. The van der Waals surface area contributed by atoms with Crippen LogP contribution in [0.3, 0.4) is 0 Å².